The molecule has 0 aliphatic rings. The van der Waals surface area contributed by atoms with Gasteiger partial charge in [-0.2, -0.15) is 0 Å². The third-order valence-corrected chi connectivity index (χ3v) is 5.24. The Balaban J connectivity index is 1.66. The van der Waals surface area contributed by atoms with Crippen molar-refractivity contribution in [2.75, 3.05) is 5.75 Å². The van der Waals surface area contributed by atoms with Gasteiger partial charge in [0.05, 0.1) is 5.75 Å². The molecule has 3 rings (SSSR count). The third kappa shape index (κ3) is 4.74. The minimum Gasteiger partial charge on any atom is -0.335 e. The largest absolute Gasteiger partial charge is 0.335 e. The monoisotopic (exact) mass is 381 g/mol. The first kappa shape index (κ1) is 19.1. The average Bonchev–Trinajstić information content (AvgIpc) is 3.06. The zero-order valence-electron chi connectivity index (χ0n) is 15.7. The van der Waals surface area contributed by atoms with E-state index < -0.39 is 0 Å². The third-order valence-electron chi connectivity index (χ3n) is 4.24. The van der Waals surface area contributed by atoms with Crippen molar-refractivity contribution < 1.29 is 4.79 Å². The smallest absolute Gasteiger partial charge is 0.233 e. The SMILES string of the molecule is CC(C)N(Cc1ccccc1)C(=O)CSc1nnc(-c2ccncc2)n1C. The molecule has 0 saturated carbocycles. The van der Waals surface area contributed by atoms with Gasteiger partial charge in [-0.15, -0.1) is 10.2 Å². The van der Waals surface area contributed by atoms with E-state index in [-0.39, 0.29) is 11.9 Å². The molecule has 0 saturated heterocycles. The summed E-state index contributed by atoms with van der Waals surface area (Å²) >= 11 is 1.41. The topological polar surface area (TPSA) is 63.9 Å². The first-order valence-corrected chi connectivity index (χ1v) is 9.81. The number of hydrogen-bond donors (Lipinski definition) is 0. The van der Waals surface area contributed by atoms with Crippen LogP contribution < -0.4 is 0 Å². The molecule has 140 valence electrons. The van der Waals surface area contributed by atoms with Crippen molar-refractivity contribution in [1.82, 2.24) is 24.6 Å². The fourth-order valence-corrected chi connectivity index (χ4v) is 3.54. The Morgan fingerprint density at radius 3 is 2.48 bits per heavy atom. The molecule has 0 aliphatic carbocycles. The van der Waals surface area contributed by atoms with E-state index in [1.54, 1.807) is 12.4 Å². The second kappa shape index (κ2) is 8.81. The summed E-state index contributed by atoms with van der Waals surface area (Å²) in [6.07, 6.45) is 3.45. The Labute approximate surface area is 163 Å². The van der Waals surface area contributed by atoms with Gasteiger partial charge in [-0.05, 0) is 31.5 Å². The van der Waals surface area contributed by atoms with Gasteiger partial charge in [0.1, 0.15) is 0 Å². The number of pyridine rings is 1. The van der Waals surface area contributed by atoms with Crippen LogP contribution >= 0.6 is 11.8 Å². The van der Waals surface area contributed by atoms with Crippen LogP contribution in [-0.2, 0) is 18.4 Å². The van der Waals surface area contributed by atoms with Gasteiger partial charge < -0.3 is 9.47 Å². The molecule has 0 unspecified atom stereocenters. The fourth-order valence-electron chi connectivity index (χ4n) is 2.74. The summed E-state index contributed by atoms with van der Waals surface area (Å²) in [5, 5.41) is 9.21. The summed E-state index contributed by atoms with van der Waals surface area (Å²) in [5.41, 5.74) is 2.08. The Bertz CT molecular complexity index is 880. The molecule has 0 bridgehead atoms. The maximum Gasteiger partial charge on any atom is 0.233 e. The molecule has 3 aromatic rings. The van der Waals surface area contributed by atoms with Gasteiger partial charge in [-0.1, -0.05) is 42.1 Å². The zero-order chi connectivity index (χ0) is 19.2. The number of aromatic nitrogens is 4. The molecule has 1 aromatic carbocycles. The van der Waals surface area contributed by atoms with Gasteiger partial charge in [0.2, 0.25) is 5.91 Å². The van der Waals surface area contributed by atoms with Crippen LogP contribution in [0.25, 0.3) is 11.4 Å². The number of benzene rings is 1. The minimum atomic E-state index is 0.0901. The first-order valence-electron chi connectivity index (χ1n) is 8.82. The minimum absolute atomic E-state index is 0.0901. The summed E-state index contributed by atoms with van der Waals surface area (Å²) in [6, 6.07) is 14.0. The highest BCUT2D eigenvalue weighted by Gasteiger charge is 2.19. The van der Waals surface area contributed by atoms with Crippen molar-refractivity contribution in [2.45, 2.75) is 31.6 Å². The normalized spacial score (nSPS) is 11.0. The summed E-state index contributed by atoms with van der Waals surface area (Å²) in [5.74, 6) is 1.18. The average molecular weight is 382 g/mol. The Morgan fingerprint density at radius 1 is 1.11 bits per heavy atom. The molecule has 0 radical (unpaired) electrons. The number of hydrogen-bond acceptors (Lipinski definition) is 5. The number of rotatable bonds is 7. The highest BCUT2D eigenvalue weighted by atomic mass is 32.2. The van der Waals surface area contributed by atoms with E-state index in [0.717, 1.165) is 22.1 Å². The van der Waals surface area contributed by atoms with Crippen LogP contribution in [0.2, 0.25) is 0 Å². The maximum absolute atomic E-state index is 12.8. The molecule has 2 heterocycles. The molecule has 0 fully saturated rings. The maximum atomic E-state index is 12.8. The van der Waals surface area contributed by atoms with Gasteiger partial charge in [0.15, 0.2) is 11.0 Å². The van der Waals surface area contributed by atoms with Gasteiger partial charge in [-0.25, -0.2) is 0 Å². The fraction of sp³-hybridized carbons (Fsp3) is 0.300. The zero-order valence-corrected chi connectivity index (χ0v) is 16.6. The van der Waals surface area contributed by atoms with Crippen molar-refractivity contribution in [3.8, 4) is 11.4 Å². The lowest BCUT2D eigenvalue weighted by Crippen LogP contribution is -2.37. The lowest BCUT2D eigenvalue weighted by Gasteiger charge is -2.26. The molecule has 0 atom stereocenters. The van der Waals surface area contributed by atoms with Crippen LogP contribution in [0.15, 0.2) is 60.0 Å². The predicted octanol–water partition coefficient (Wildman–Crippen LogP) is 3.41. The molecule has 1 amide bonds. The first-order chi connectivity index (χ1) is 13.1. The van der Waals surface area contributed by atoms with E-state index in [2.05, 4.69) is 15.2 Å². The van der Waals surface area contributed by atoms with Crippen LogP contribution in [0.4, 0.5) is 0 Å². The van der Waals surface area contributed by atoms with E-state index in [4.69, 9.17) is 0 Å². The van der Waals surface area contributed by atoms with Gasteiger partial charge in [0.25, 0.3) is 0 Å². The van der Waals surface area contributed by atoms with Gasteiger partial charge >= 0.3 is 0 Å². The molecular formula is C20H23N5OS. The highest BCUT2D eigenvalue weighted by molar-refractivity contribution is 7.99. The number of amides is 1. The quantitative estimate of drug-likeness (QED) is 0.587. The number of nitrogens with zero attached hydrogens (tertiary/aromatic N) is 5. The second-order valence-corrected chi connectivity index (χ2v) is 7.43. The van der Waals surface area contributed by atoms with Crippen molar-refractivity contribution in [1.29, 1.82) is 0 Å². The second-order valence-electron chi connectivity index (χ2n) is 6.49. The molecule has 0 spiro atoms. The summed E-state index contributed by atoms with van der Waals surface area (Å²) < 4.78 is 1.91. The van der Waals surface area contributed by atoms with Crippen LogP contribution in [0, 0.1) is 0 Å². The molecule has 7 heteroatoms. The van der Waals surface area contributed by atoms with Crippen molar-refractivity contribution in [3.05, 3.63) is 60.4 Å². The standard InChI is InChI=1S/C20H23N5OS/c1-15(2)25(13-16-7-5-4-6-8-16)18(26)14-27-20-23-22-19(24(20)3)17-9-11-21-12-10-17/h4-12,15H,13-14H2,1-3H3. The summed E-state index contributed by atoms with van der Waals surface area (Å²) in [6.45, 7) is 4.68. The lowest BCUT2D eigenvalue weighted by atomic mass is 10.2. The molecule has 27 heavy (non-hydrogen) atoms. The van der Waals surface area contributed by atoms with Crippen molar-refractivity contribution >= 4 is 17.7 Å². The number of thioether (sulfide) groups is 1. The van der Waals surface area contributed by atoms with Crippen molar-refractivity contribution in [2.24, 2.45) is 7.05 Å². The van der Waals surface area contributed by atoms with Crippen molar-refractivity contribution in [3.63, 3.8) is 0 Å². The highest BCUT2D eigenvalue weighted by Crippen LogP contribution is 2.23. The Morgan fingerprint density at radius 2 is 1.81 bits per heavy atom. The summed E-state index contributed by atoms with van der Waals surface area (Å²) in [7, 11) is 1.91. The van der Waals surface area contributed by atoms with E-state index in [1.807, 2.05) is 72.8 Å². The Hall–Kier alpha value is -2.67. The molecule has 0 N–H and O–H groups in total. The lowest BCUT2D eigenvalue weighted by molar-refractivity contribution is -0.130. The van der Waals surface area contributed by atoms with E-state index in [9.17, 15) is 4.79 Å². The summed E-state index contributed by atoms with van der Waals surface area (Å²) in [4.78, 5) is 18.7. The van der Waals surface area contributed by atoms with E-state index in [1.165, 1.54) is 11.8 Å². The van der Waals surface area contributed by atoms with Crippen LogP contribution in [0.5, 0.6) is 0 Å². The van der Waals surface area contributed by atoms with Crippen LogP contribution in [0.3, 0.4) is 0 Å². The number of carbonyl (C=O) groups is 1. The van der Waals surface area contributed by atoms with Crippen LogP contribution in [-0.4, -0.2) is 42.4 Å². The van der Waals surface area contributed by atoms with E-state index >= 15 is 0 Å². The van der Waals surface area contributed by atoms with E-state index in [0.29, 0.717) is 12.3 Å². The molecule has 6 nitrogen and oxygen atoms in total. The van der Waals surface area contributed by atoms with Gasteiger partial charge in [-0.3, -0.25) is 9.78 Å². The molecular weight excluding hydrogens is 358 g/mol. The Kier molecular flexibility index (Phi) is 6.24. The number of carbonyl (C=O) groups excluding carboxylic acids is 1. The molecule has 2 aromatic heterocycles. The predicted molar refractivity (Wildman–Crippen MR) is 107 cm³/mol. The van der Waals surface area contributed by atoms with Crippen LogP contribution in [0.1, 0.15) is 19.4 Å². The molecule has 0 aliphatic heterocycles. The van der Waals surface area contributed by atoms with Gasteiger partial charge in [0, 0.05) is 37.6 Å².